The molecule has 0 radical (unpaired) electrons. The minimum atomic E-state index is -0.483. The van der Waals surface area contributed by atoms with Gasteiger partial charge in [0.25, 0.3) is 0 Å². The van der Waals surface area contributed by atoms with Crippen molar-refractivity contribution in [2.45, 2.75) is 19.3 Å². The molecule has 0 aromatic heterocycles. The highest BCUT2D eigenvalue weighted by Crippen LogP contribution is 2.09. The van der Waals surface area contributed by atoms with E-state index in [1.165, 1.54) is 32.4 Å². The maximum Gasteiger partial charge on any atom is 0.330 e. The lowest BCUT2D eigenvalue weighted by molar-refractivity contribution is -0.135. The van der Waals surface area contributed by atoms with Crippen molar-refractivity contribution in [1.82, 2.24) is 0 Å². The van der Waals surface area contributed by atoms with Crippen LogP contribution in [0.5, 0.6) is 0 Å². The monoisotopic (exact) mass is 242 g/mol. The molecule has 5 heteroatoms. The third-order valence-electron chi connectivity index (χ3n) is 2.01. The molecule has 0 aliphatic rings. The van der Waals surface area contributed by atoms with Crippen molar-refractivity contribution in [3.05, 3.63) is 23.8 Å². The van der Waals surface area contributed by atoms with E-state index >= 15 is 0 Å². The molecule has 0 aromatic rings. The van der Waals surface area contributed by atoms with Gasteiger partial charge in [-0.15, -0.1) is 0 Å². The molecule has 0 fully saturated rings. The van der Waals surface area contributed by atoms with Crippen LogP contribution in [0, 0.1) is 0 Å². The first kappa shape index (κ1) is 15.4. The maximum absolute atomic E-state index is 11.1. The van der Waals surface area contributed by atoms with Crippen LogP contribution in [-0.2, 0) is 19.1 Å². The average Bonchev–Trinajstić information content (AvgIpc) is 2.35. The van der Waals surface area contributed by atoms with Crippen LogP contribution in [0.25, 0.3) is 0 Å². The molecule has 0 saturated heterocycles. The van der Waals surface area contributed by atoms with Gasteiger partial charge in [0, 0.05) is 18.8 Å². The third kappa shape index (κ3) is 8.21. The number of carbonyl (C=O) groups is 2. The average molecular weight is 242 g/mol. The molecule has 17 heavy (non-hydrogen) atoms. The zero-order valence-electron chi connectivity index (χ0n) is 10.1. The van der Waals surface area contributed by atoms with Gasteiger partial charge >= 0.3 is 11.9 Å². The molecule has 0 rings (SSSR count). The van der Waals surface area contributed by atoms with E-state index in [9.17, 15) is 9.59 Å². The molecule has 96 valence electrons. The summed E-state index contributed by atoms with van der Waals surface area (Å²) in [4.78, 5) is 22.0. The van der Waals surface area contributed by atoms with Gasteiger partial charge in [0.2, 0.25) is 0 Å². The molecule has 5 nitrogen and oxygen atoms in total. The first-order chi connectivity index (χ1) is 8.13. The van der Waals surface area contributed by atoms with Gasteiger partial charge in [-0.25, -0.2) is 9.59 Å². The van der Waals surface area contributed by atoms with Crippen molar-refractivity contribution in [3.63, 3.8) is 0 Å². The number of esters is 2. The van der Waals surface area contributed by atoms with Gasteiger partial charge < -0.3 is 14.6 Å². The van der Waals surface area contributed by atoms with Crippen molar-refractivity contribution >= 4 is 11.9 Å². The number of carbonyl (C=O) groups excluding carboxylic acids is 2. The van der Waals surface area contributed by atoms with Crippen molar-refractivity contribution in [2.75, 3.05) is 20.8 Å². The van der Waals surface area contributed by atoms with Gasteiger partial charge in [-0.1, -0.05) is 6.08 Å². The smallest absolute Gasteiger partial charge is 0.330 e. The summed E-state index contributed by atoms with van der Waals surface area (Å²) in [5.41, 5.74) is 0.663. The van der Waals surface area contributed by atoms with Gasteiger partial charge in [-0.2, -0.15) is 0 Å². The highest BCUT2D eigenvalue weighted by atomic mass is 16.5. The predicted octanol–water partition coefficient (Wildman–Crippen LogP) is 0.978. The van der Waals surface area contributed by atoms with Gasteiger partial charge in [0.1, 0.15) is 0 Å². The third-order valence-corrected chi connectivity index (χ3v) is 2.01. The summed E-state index contributed by atoms with van der Waals surface area (Å²) >= 11 is 0. The molecule has 0 unspecified atom stereocenters. The van der Waals surface area contributed by atoms with Crippen LogP contribution in [0.2, 0.25) is 0 Å². The van der Waals surface area contributed by atoms with E-state index in [-0.39, 0.29) is 6.61 Å². The number of hydrogen-bond acceptors (Lipinski definition) is 5. The fourth-order valence-electron chi connectivity index (χ4n) is 1.10. The molecule has 0 spiro atoms. The number of allylic oxidation sites excluding steroid dienone is 2. The molecule has 0 bridgehead atoms. The van der Waals surface area contributed by atoms with Crippen LogP contribution in [0.3, 0.4) is 0 Å². The summed E-state index contributed by atoms with van der Waals surface area (Å²) in [6.45, 7) is 0.103. The minimum absolute atomic E-state index is 0.103. The van der Waals surface area contributed by atoms with E-state index in [0.29, 0.717) is 18.4 Å². The molecule has 1 N–H and O–H groups in total. The first-order valence-corrected chi connectivity index (χ1v) is 5.29. The topological polar surface area (TPSA) is 72.8 Å². The standard InChI is InChI=1S/C12H18O5/c1-16-11(14)7-6-10(5-3-4-8-13)9-12(15)17-2/h6-7,9,13H,3-5,8H2,1-2H3/b7-6+,10-9+. The summed E-state index contributed by atoms with van der Waals surface area (Å²) in [5.74, 6) is -0.957. The second kappa shape index (κ2) is 9.59. The van der Waals surface area contributed by atoms with Crippen LogP contribution in [0.15, 0.2) is 23.8 Å². The molecule has 0 saturated carbocycles. The fraction of sp³-hybridized carbons (Fsp3) is 0.500. The van der Waals surface area contributed by atoms with Crippen LogP contribution in [0.4, 0.5) is 0 Å². The Labute approximate surface area is 101 Å². The predicted molar refractivity (Wildman–Crippen MR) is 62.2 cm³/mol. The van der Waals surface area contributed by atoms with Gasteiger partial charge in [-0.3, -0.25) is 0 Å². The number of unbranched alkanes of at least 4 members (excludes halogenated alkanes) is 1. The normalized spacial score (nSPS) is 11.6. The molecule has 0 aromatic carbocycles. The zero-order valence-corrected chi connectivity index (χ0v) is 10.1. The Bertz CT molecular complexity index is 304. The molecule has 0 atom stereocenters. The van der Waals surface area contributed by atoms with E-state index in [1.54, 1.807) is 0 Å². The number of aliphatic hydroxyl groups is 1. The number of methoxy groups -OCH3 is 2. The number of hydrogen-bond donors (Lipinski definition) is 1. The van der Waals surface area contributed by atoms with Gasteiger partial charge in [0.05, 0.1) is 14.2 Å². The highest BCUT2D eigenvalue weighted by molar-refractivity contribution is 5.85. The fourth-order valence-corrected chi connectivity index (χ4v) is 1.10. The Morgan fingerprint density at radius 1 is 1.06 bits per heavy atom. The maximum atomic E-state index is 11.1. The van der Waals surface area contributed by atoms with Crippen molar-refractivity contribution in [1.29, 1.82) is 0 Å². The zero-order chi connectivity index (χ0) is 13.1. The Hall–Kier alpha value is -1.62. The lowest BCUT2D eigenvalue weighted by Gasteiger charge is -2.01. The van der Waals surface area contributed by atoms with Gasteiger partial charge in [0.15, 0.2) is 0 Å². The molecular weight excluding hydrogens is 224 g/mol. The number of rotatable bonds is 7. The lowest BCUT2D eigenvalue weighted by Crippen LogP contribution is -1.98. The van der Waals surface area contributed by atoms with Crippen LogP contribution in [-0.4, -0.2) is 37.9 Å². The molecule has 0 heterocycles. The van der Waals surface area contributed by atoms with Crippen molar-refractivity contribution in [3.8, 4) is 0 Å². The Morgan fingerprint density at radius 2 is 1.71 bits per heavy atom. The molecule has 0 aliphatic heterocycles. The SMILES string of the molecule is COC(=O)/C=C/C(=C/C(=O)OC)CCCCO. The molecule has 0 aliphatic carbocycles. The van der Waals surface area contributed by atoms with Crippen LogP contribution >= 0.6 is 0 Å². The second-order valence-corrected chi connectivity index (χ2v) is 3.28. The summed E-state index contributed by atoms with van der Waals surface area (Å²) < 4.78 is 8.95. The Morgan fingerprint density at radius 3 is 2.24 bits per heavy atom. The van der Waals surface area contributed by atoms with E-state index < -0.39 is 11.9 Å². The Balaban J connectivity index is 4.50. The first-order valence-electron chi connectivity index (χ1n) is 5.29. The minimum Gasteiger partial charge on any atom is -0.466 e. The van der Waals surface area contributed by atoms with E-state index in [2.05, 4.69) is 9.47 Å². The molecular formula is C12H18O5. The summed E-state index contributed by atoms with van der Waals surface area (Å²) in [7, 11) is 2.57. The number of ether oxygens (including phenoxy) is 2. The second-order valence-electron chi connectivity index (χ2n) is 3.28. The van der Waals surface area contributed by atoms with Crippen molar-refractivity contribution < 1.29 is 24.2 Å². The Kier molecular flexibility index (Phi) is 8.68. The highest BCUT2D eigenvalue weighted by Gasteiger charge is 2.00. The van der Waals surface area contributed by atoms with E-state index in [1.807, 2.05) is 0 Å². The van der Waals surface area contributed by atoms with Crippen LogP contribution in [0.1, 0.15) is 19.3 Å². The quantitative estimate of drug-likeness (QED) is 0.312. The summed E-state index contributed by atoms with van der Waals surface area (Å²) in [5, 5.41) is 8.66. The summed E-state index contributed by atoms with van der Waals surface area (Å²) in [6.07, 6.45) is 6.03. The summed E-state index contributed by atoms with van der Waals surface area (Å²) in [6, 6.07) is 0. The van der Waals surface area contributed by atoms with Crippen LogP contribution < -0.4 is 0 Å². The van der Waals surface area contributed by atoms with Crippen molar-refractivity contribution in [2.24, 2.45) is 0 Å². The lowest BCUT2D eigenvalue weighted by atomic mass is 10.1. The largest absolute Gasteiger partial charge is 0.466 e. The number of aliphatic hydroxyl groups excluding tert-OH is 1. The van der Waals surface area contributed by atoms with E-state index in [0.717, 1.165) is 6.42 Å². The van der Waals surface area contributed by atoms with Gasteiger partial charge in [-0.05, 0) is 24.8 Å². The molecule has 0 amide bonds. The van der Waals surface area contributed by atoms with E-state index in [4.69, 9.17) is 5.11 Å².